The molecular formula is C16H30N2O4Si. The zero-order valence-corrected chi connectivity index (χ0v) is 16.8. The molecule has 0 aromatic heterocycles. The van der Waals surface area contributed by atoms with Gasteiger partial charge >= 0.3 is 12.2 Å². The summed E-state index contributed by atoms with van der Waals surface area (Å²) in [6.07, 6.45) is -1.40. The molecule has 1 N–H and O–H groups in total. The molecule has 0 rings (SSSR count). The van der Waals surface area contributed by atoms with Crippen molar-refractivity contribution >= 4 is 20.3 Å². The van der Waals surface area contributed by atoms with Crippen LogP contribution in [0.5, 0.6) is 0 Å². The second-order valence-corrected chi connectivity index (χ2v) is 13.0. The van der Waals surface area contributed by atoms with Crippen LogP contribution in [0.1, 0.15) is 41.5 Å². The van der Waals surface area contributed by atoms with Gasteiger partial charge in [0, 0.05) is 0 Å². The number of amides is 2. The largest absolute Gasteiger partial charge is 0.443 e. The summed E-state index contributed by atoms with van der Waals surface area (Å²) in [6, 6.07) is 0. The highest BCUT2D eigenvalue weighted by Crippen LogP contribution is 2.10. The van der Waals surface area contributed by atoms with Gasteiger partial charge in [-0.25, -0.2) is 20.0 Å². The Bertz CT molecular complexity index is 487. The Balaban J connectivity index is 5.03. The molecule has 0 saturated carbocycles. The van der Waals surface area contributed by atoms with Crippen LogP contribution in [0.4, 0.5) is 9.59 Å². The van der Waals surface area contributed by atoms with E-state index in [1.165, 1.54) is 0 Å². The lowest BCUT2D eigenvalue weighted by atomic mass is 10.2. The Morgan fingerprint density at radius 1 is 1.00 bits per heavy atom. The maximum atomic E-state index is 12.2. The standard InChI is InChI=1S/C16H30N2O4Si/c1-15(2,3)21-13(19)17-18(11-10-12-23(7,8)9)14(20)22-16(4,5)6/h11H2,1-9H3,(H,17,19). The molecule has 0 aromatic carbocycles. The van der Waals surface area contributed by atoms with Crippen LogP contribution in [0.25, 0.3) is 0 Å². The van der Waals surface area contributed by atoms with Crippen molar-refractivity contribution in [3.63, 3.8) is 0 Å². The number of hydrogen-bond donors (Lipinski definition) is 1. The fourth-order valence-corrected chi connectivity index (χ4v) is 1.87. The molecule has 0 unspecified atom stereocenters. The zero-order valence-electron chi connectivity index (χ0n) is 15.8. The lowest BCUT2D eigenvalue weighted by molar-refractivity contribution is 0.00454. The third kappa shape index (κ3) is 12.5. The van der Waals surface area contributed by atoms with E-state index in [0.717, 1.165) is 5.01 Å². The highest BCUT2D eigenvalue weighted by Gasteiger charge is 2.25. The molecule has 0 heterocycles. The first-order valence-corrected chi connectivity index (χ1v) is 11.1. The minimum absolute atomic E-state index is 0.0401. The number of nitrogens with one attached hydrogen (secondary N) is 1. The van der Waals surface area contributed by atoms with E-state index in [1.807, 2.05) is 0 Å². The van der Waals surface area contributed by atoms with Crippen LogP contribution < -0.4 is 5.43 Å². The minimum atomic E-state index is -1.57. The molecule has 0 aliphatic heterocycles. The predicted molar refractivity (Wildman–Crippen MR) is 93.4 cm³/mol. The number of nitrogens with zero attached hydrogens (tertiary/aromatic N) is 1. The summed E-state index contributed by atoms with van der Waals surface area (Å²) < 4.78 is 10.4. The Hall–Kier alpha value is -1.68. The fourth-order valence-electron chi connectivity index (χ4n) is 1.26. The highest BCUT2D eigenvalue weighted by atomic mass is 28.3. The van der Waals surface area contributed by atoms with Crippen LogP contribution in [0.15, 0.2) is 0 Å². The molecule has 2 amide bonds. The van der Waals surface area contributed by atoms with Gasteiger partial charge in [0.1, 0.15) is 25.8 Å². The van der Waals surface area contributed by atoms with Crippen LogP contribution >= 0.6 is 0 Å². The predicted octanol–water partition coefficient (Wildman–Crippen LogP) is 3.54. The van der Waals surface area contributed by atoms with Crippen LogP contribution in [-0.4, -0.2) is 43.0 Å². The molecule has 0 saturated heterocycles. The second kappa shape index (κ2) is 7.73. The first-order valence-electron chi connectivity index (χ1n) is 7.59. The normalized spacial score (nSPS) is 11.9. The smallest absolute Gasteiger partial charge is 0.430 e. The first kappa shape index (κ1) is 21.3. The number of hydrogen-bond acceptors (Lipinski definition) is 4. The third-order valence-electron chi connectivity index (χ3n) is 1.94. The number of hydrazine groups is 1. The van der Waals surface area contributed by atoms with E-state index in [-0.39, 0.29) is 6.54 Å². The lowest BCUT2D eigenvalue weighted by Crippen LogP contribution is -2.49. The summed E-state index contributed by atoms with van der Waals surface area (Å²) in [5, 5.41) is 1.03. The minimum Gasteiger partial charge on any atom is -0.443 e. The van der Waals surface area contributed by atoms with Gasteiger partial charge in [-0.05, 0) is 41.5 Å². The van der Waals surface area contributed by atoms with Crippen molar-refractivity contribution in [3.05, 3.63) is 0 Å². The van der Waals surface area contributed by atoms with Gasteiger partial charge in [0.15, 0.2) is 0 Å². The SMILES string of the molecule is CC(C)(C)OC(=O)NN(CC#C[Si](C)(C)C)C(=O)OC(C)(C)C. The van der Waals surface area contributed by atoms with E-state index in [9.17, 15) is 9.59 Å². The average Bonchev–Trinajstić information content (AvgIpc) is 2.20. The highest BCUT2D eigenvalue weighted by molar-refractivity contribution is 6.83. The van der Waals surface area contributed by atoms with E-state index in [1.54, 1.807) is 41.5 Å². The summed E-state index contributed by atoms with van der Waals surface area (Å²) in [5.74, 6) is 2.93. The Morgan fingerprint density at radius 3 is 1.87 bits per heavy atom. The number of carbonyl (C=O) groups is 2. The van der Waals surface area contributed by atoms with Crippen LogP contribution in [0.2, 0.25) is 19.6 Å². The van der Waals surface area contributed by atoms with Crippen molar-refractivity contribution in [3.8, 4) is 11.5 Å². The number of ether oxygens (including phenoxy) is 2. The van der Waals surface area contributed by atoms with E-state index in [4.69, 9.17) is 9.47 Å². The molecule has 0 radical (unpaired) electrons. The Morgan fingerprint density at radius 2 is 1.48 bits per heavy atom. The van der Waals surface area contributed by atoms with Crippen molar-refractivity contribution in [2.24, 2.45) is 0 Å². The van der Waals surface area contributed by atoms with E-state index >= 15 is 0 Å². The van der Waals surface area contributed by atoms with Crippen molar-refractivity contribution in [1.82, 2.24) is 10.4 Å². The van der Waals surface area contributed by atoms with Gasteiger partial charge in [-0.15, -0.1) is 5.54 Å². The van der Waals surface area contributed by atoms with Gasteiger partial charge in [0.05, 0.1) is 0 Å². The average molecular weight is 343 g/mol. The zero-order chi connectivity index (χ0) is 18.5. The van der Waals surface area contributed by atoms with Crippen molar-refractivity contribution in [2.45, 2.75) is 72.4 Å². The molecule has 0 fully saturated rings. The van der Waals surface area contributed by atoms with Crippen LogP contribution in [0, 0.1) is 11.5 Å². The molecule has 0 aliphatic rings. The van der Waals surface area contributed by atoms with Gasteiger partial charge in [-0.1, -0.05) is 25.6 Å². The lowest BCUT2D eigenvalue weighted by Gasteiger charge is -2.27. The molecule has 0 bridgehead atoms. The van der Waals surface area contributed by atoms with Crippen LogP contribution in [-0.2, 0) is 9.47 Å². The summed E-state index contributed by atoms with van der Waals surface area (Å²) in [4.78, 5) is 24.1. The Kier molecular flexibility index (Phi) is 7.16. The molecule has 23 heavy (non-hydrogen) atoms. The van der Waals surface area contributed by atoms with Crippen molar-refractivity contribution in [2.75, 3.05) is 6.54 Å². The Labute approximate surface area is 140 Å². The van der Waals surface area contributed by atoms with E-state index in [2.05, 4.69) is 36.5 Å². The quantitative estimate of drug-likeness (QED) is 0.449. The van der Waals surface area contributed by atoms with Gasteiger partial charge in [0.2, 0.25) is 0 Å². The van der Waals surface area contributed by atoms with E-state index in [0.29, 0.717) is 0 Å². The van der Waals surface area contributed by atoms with Gasteiger partial charge < -0.3 is 9.47 Å². The molecule has 7 heteroatoms. The van der Waals surface area contributed by atoms with Crippen molar-refractivity contribution < 1.29 is 19.1 Å². The van der Waals surface area contributed by atoms with Crippen LogP contribution in [0.3, 0.4) is 0 Å². The number of rotatable bonds is 1. The van der Waals surface area contributed by atoms with Gasteiger partial charge in [-0.3, -0.25) is 0 Å². The van der Waals surface area contributed by atoms with Gasteiger partial charge in [0.25, 0.3) is 0 Å². The molecule has 0 atom stereocenters. The van der Waals surface area contributed by atoms with Crippen molar-refractivity contribution in [1.29, 1.82) is 0 Å². The second-order valence-electron chi connectivity index (χ2n) is 8.23. The molecule has 6 nitrogen and oxygen atoms in total. The summed E-state index contributed by atoms with van der Waals surface area (Å²) in [5.41, 5.74) is 4.20. The van der Waals surface area contributed by atoms with Gasteiger partial charge in [-0.2, -0.15) is 0 Å². The molecule has 0 aromatic rings. The monoisotopic (exact) mass is 342 g/mol. The van der Waals surface area contributed by atoms with E-state index < -0.39 is 31.5 Å². The topological polar surface area (TPSA) is 67.9 Å². The number of carbonyl (C=O) groups excluding carboxylic acids is 2. The summed E-state index contributed by atoms with van der Waals surface area (Å²) in [6.45, 7) is 16.8. The molecule has 132 valence electrons. The molecular weight excluding hydrogens is 312 g/mol. The summed E-state index contributed by atoms with van der Waals surface area (Å²) >= 11 is 0. The maximum absolute atomic E-state index is 12.2. The molecule has 0 spiro atoms. The first-order chi connectivity index (χ1) is 10.1. The molecule has 0 aliphatic carbocycles. The fraction of sp³-hybridized carbons (Fsp3) is 0.750. The maximum Gasteiger partial charge on any atom is 0.430 e. The third-order valence-corrected chi connectivity index (χ3v) is 2.87. The summed E-state index contributed by atoms with van der Waals surface area (Å²) in [7, 11) is -1.57.